The molecule has 0 aromatic carbocycles. The summed E-state index contributed by atoms with van der Waals surface area (Å²) in [6, 6.07) is 0. The van der Waals surface area contributed by atoms with E-state index in [1.165, 1.54) is 7.11 Å². The molecule has 1 N–H and O–H groups in total. The smallest absolute Gasteiger partial charge is 0.330 e. The molecule has 0 bridgehead atoms. The van der Waals surface area contributed by atoms with Crippen molar-refractivity contribution in [1.29, 1.82) is 0 Å². The monoisotopic (exact) mass is 213 g/mol. The maximum atomic E-state index is 11.1. The van der Waals surface area contributed by atoms with Crippen LogP contribution in [0.5, 0.6) is 0 Å². The van der Waals surface area contributed by atoms with Gasteiger partial charge < -0.3 is 10.1 Å². The van der Waals surface area contributed by atoms with Gasteiger partial charge in [0.1, 0.15) is 0 Å². The highest BCUT2D eigenvalue weighted by atomic mass is 16.5. The first-order valence-electron chi connectivity index (χ1n) is 4.55. The molecule has 15 heavy (non-hydrogen) atoms. The average Bonchev–Trinajstić information content (AvgIpc) is 2.21. The zero-order valence-electron chi connectivity index (χ0n) is 9.07. The van der Waals surface area contributed by atoms with Crippen molar-refractivity contribution in [2.24, 2.45) is 5.92 Å². The number of carbonyl (C=O) groups excluding carboxylic acids is 3. The summed E-state index contributed by atoms with van der Waals surface area (Å²) in [5.74, 6) is -1.88. The van der Waals surface area contributed by atoms with Gasteiger partial charge in [-0.2, -0.15) is 0 Å². The molecule has 84 valence electrons. The number of amides is 1. The number of esters is 1. The number of rotatable bonds is 5. The summed E-state index contributed by atoms with van der Waals surface area (Å²) in [6.45, 7) is 4.25. The lowest BCUT2D eigenvalue weighted by Gasteiger charge is -2.04. The molecule has 0 unspecified atom stereocenters. The van der Waals surface area contributed by atoms with Crippen molar-refractivity contribution in [2.45, 2.75) is 13.8 Å². The predicted molar refractivity (Wildman–Crippen MR) is 54.0 cm³/mol. The summed E-state index contributed by atoms with van der Waals surface area (Å²) in [4.78, 5) is 32.8. The standard InChI is InChI=1S/C10H15NO4/c1-7(2)6-11-10(14)8(12)4-5-9(13)15-3/h4-5,7H,6H2,1-3H3,(H,11,14)/b5-4+. The van der Waals surface area contributed by atoms with Crippen LogP contribution >= 0.6 is 0 Å². The number of ketones is 1. The van der Waals surface area contributed by atoms with Crippen LogP contribution in [0, 0.1) is 5.92 Å². The topological polar surface area (TPSA) is 72.5 Å². The molecule has 1 amide bonds. The van der Waals surface area contributed by atoms with Gasteiger partial charge in [0.2, 0.25) is 5.78 Å². The van der Waals surface area contributed by atoms with Crippen LogP contribution in [0.2, 0.25) is 0 Å². The van der Waals surface area contributed by atoms with E-state index < -0.39 is 17.7 Å². The van der Waals surface area contributed by atoms with Gasteiger partial charge in [0, 0.05) is 12.6 Å². The fourth-order valence-corrected chi connectivity index (χ4v) is 0.671. The van der Waals surface area contributed by atoms with E-state index in [1.54, 1.807) is 0 Å². The van der Waals surface area contributed by atoms with Gasteiger partial charge in [0.15, 0.2) is 0 Å². The van der Waals surface area contributed by atoms with Gasteiger partial charge in [-0.1, -0.05) is 13.8 Å². The first-order valence-corrected chi connectivity index (χ1v) is 4.55. The molecule has 0 heterocycles. The van der Waals surface area contributed by atoms with Crippen LogP contribution in [-0.2, 0) is 19.1 Å². The molecular weight excluding hydrogens is 198 g/mol. The summed E-state index contributed by atoms with van der Waals surface area (Å²) in [7, 11) is 1.19. The number of hydrogen-bond donors (Lipinski definition) is 1. The van der Waals surface area contributed by atoms with Crippen molar-refractivity contribution in [1.82, 2.24) is 5.32 Å². The normalized spacial score (nSPS) is 10.4. The van der Waals surface area contributed by atoms with E-state index >= 15 is 0 Å². The van der Waals surface area contributed by atoms with Crippen molar-refractivity contribution in [3.05, 3.63) is 12.2 Å². The van der Waals surface area contributed by atoms with E-state index in [1.807, 2.05) is 13.8 Å². The zero-order valence-corrected chi connectivity index (χ0v) is 9.07. The van der Waals surface area contributed by atoms with Crippen molar-refractivity contribution in [2.75, 3.05) is 13.7 Å². The van der Waals surface area contributed by atoms with Gasteiger partial charge in [0.25, 0.3) is 5.91 Å². The first kappa shape index (κ1) is 13.4. The number of ether oxygens (including phenoxy) is 1. The lowest BCUT2D eigenvalue weighted by atomic mass is 10.2. The predicted octanol–water partition coefficient (Wildman–Crippen LogP) is 0.0569. The summed E-state index contributed by atoms with van der Waals surface area (Å²) >= 11 is 0. The van der Waals surface area contributed by atoms with Crippen molar-refractivity contribution in [3.8, 4) is 0 Å². The fourth-order valence-electron chi connectivity index (χ4n) is 0.671. The number of hydrogen-bond acceptors (Lipinski definition) is 4. The van der Waals surface area contributed by atoms with Gasteiger partial charge in [0.05, 0.1) is 7.11 Å². The van der Waals surface area contributed by atoms with Crippen LogP contribution in [0.25, 0.3) is 0 Å². The van der Waals surface area contributed by atoms with E-state index in [2.05, 4.69) is 10.1 Å². The van der Waals surface area contributed by atoms with Gasteiger partial charge in [-0.15, -0.1) is 0 Å². The molecule has 0 aromatic heterocycles. The van der Waals surface area contributed by atoms with Crippen LogP contribution in [0.1, 0.15) is 13.8 Å². The summed E-state index contributed by atoms with van der Waals surface area (Å²) in [5.41, 5.74) is 0. The quantitative estimate of drug-likeness (QED) is 0.398. The van der Waals surface area contributed by atoms with Crippen LogP contribution < -0.4 is 5.32 Å². The minimum absolute atomic E-state index is 0.270. The van der Waals surface area contributed by atoms with E-state index in [0.29, 0.717) is 6.54 Å². The molecule has 5 heteroatoms. The van der Waals surface area contributed by atoms with E-state index in [4.69, 9.17) is 0 Å². The molecule has 0 radical (unpaired) electrons. The molecule has 0 aliphatic carbocycles. The van der Waals surface area contributed by atoms with E-state index in [9.17, 15) is 14.4 Å². The molecule has 0 aliphatic rings. The average molecular weight is 213 g/mol. The zero-order chi connectivity index (χ0) is 11.8. The Labute approximate surface area is 88.5 Å². The second-order valence-electron chi connectivity index (χ2n) is 3.32. The number of carbonyl (C=O) groups is 3. The Balaban J connectivity index is 4.05. The highest BCUT2D eigenvalue weighted by molar-refractivity contribution is 6.41. The summed E-state index contributed by atoms with van der Waals surface area (Å²) in [6.07, 6.45) is 1.80. The third kappa shape index (κ3) is 6.42. The van der Waals surface area contributed by atoms with Crippen molar-refractivity contribution < 1.29 is 19.1 Å². The van der Waals surface area contributed by atoms with E-state index in [0.717, 1.165) is 12.2 Å². The minimum atomic E-state index is -0.763. The van der Waals surface area contributed by atoms with Crippen molar-refractivity contribution >= 4 is 17.7 Å². The Kier molecular flexibility index (Phi) is 6.01. The summed E-state index contributed by atoms with van der Waals surface area (Å²) in [5, 5.41) is 2.43. The maximum Gasteiger partial charge on any atom is 0.330 e. The Bertz CT molecular complexity index is 281. The second-order valence-corrected chi connectivity index (χ2v) is 3.32. The highest BCUT2D eigenvalue weighted by Crippen LogP contribution is 1.88. The molecule has 0 fully saturated rings. The van der Waals surface area contributed by atoms with Crippen LogP contribution in [0.4, 0.5) is 0 Å². The third-order valence-corrected chi connectivity index (χ3v) is 1.47. The Morgan fingerprint density at radius 3 is 2.33 bits per heavy atom. The SMILES string of the molecule is COC(=O)/C=C/C(=O)C(=O)NCC(C)C. The molecule has 0 aliphatic heterocycles. The Morgan fingerprint density at radius 1 is 1.27 bits per heavy atom. The molecule has 5 nitrogen and oxygen atoms in total. The lowest BCUT2D eigenvalue weighted by molar-refractivity contribution is -0.136. The van der Waals surface area contributed by atoms with E-state index in [-0.39, 0.29) is 5.92 Å². The van der Waals surface area contributed by atoms with Crippen LogP contribution in [0.15, 0.2) is 12.2 Å². The minimum Gasteiger partial charge on any atom is -0.466 e. The molecule has 0 saturated carbocycles. The van der Waals surface area contributed by atoms with Gasteiger partial charge in [-0.25, -0.2) is 4.79 Å². The maximum absolute atomic E-state index is 11.1. The largest absolute Gasteiger partial charge is 0.466 e. The molecular formula is C10H15NO4. The molecule has 0 aromatic rings. The van der Waals surface area contributed by atoms with Crippen molar-refractivity contribution in [3.63, 3.8) is 0 Å². The molecule has 0 spiro atoms. The fraction of sp³-hybridized carbons (Fsp3) is 0.500. The molecule has 0 rings (SSSR count). The number of methoxy groups -OCH3 is 1. The van der Waals surface area contributed by atoms with Gasteiger partial charge in [-0.3, -0.25) is 9.59 Å². The molecule has 0 saturated heterocycles. The Morgan fingerprint density at radius 2 is 1.87 bits per heavy atom. The molecule has 0 atom stereocenters. The third-order valence-electron chi connectivity index (χ3n) is 1.47. The van der Waals surface area contributed by atoms with Crippen LogP contribution in [0.3, 0.4) is 0 Å². The number of nitrogens with one attached hydrogen (secondary N) is 1. The highest BCUT2D eigenvalue weighted by Gasteiger charge is 2.10. The van der Waals surface area contributed by atoms with Gasteiger partial charge >= 0.3 is 5.97 Å². The van der Waals surface area contributed by atoms with Gasteiger partial charge in [-0.05, 0) is 12.0 Å². The first-order chi connectivity index (χ1) is 6.97. The lowest BCUT2D eigenvalue weighted by Crippen LogP contribution is -2.32. The summed E-state index contributed by atoms with van der Waals surface area (Å²) < 4.78 is 4.27. The Hall–Kier alpha value is -1.65. The van der Waals surface area contributed by atoms with Crippen LogP contribution in [-0.4, -0.2) is 31.3 Å². The second kappa shape index (κ2) is 6.75.